The lowest BCUT2D eigenvalue weighted by molar-refractivity contribution is 0.101. The van der Waals surface area contributed by atoms with Crippen LogP contribution in [0.4, 0.5) is 8.78 Å². The average molecular weight is 343 g/mol. The Kier molecular flexibility index (Phi) is 4.37. The minimum atomic E-state index is -0.604. The Morgan fingerprint density at radius 3 is 2.37 bits per heavy atom. The molecule has 98 valence electrons. The van der Waals surface area contributed by atoms with Crippen molar-refractivity contribution in [3.05, 3.63) is 58.1 Å². The zero-order valence-electron chi connectivity index (χ0n) is 9.91. The van der Waals surface area contributed by atoms with Crippen LogP contribution in [0.3, 0.4) is 0 Å². The second kappa shape index (κ2) is 5.84. The van der Waals surface area contributed by atoms with Crippen LogP contribution in [-0.2, 0) is 0 Å². The Hall–Kier alpha value is -1.20. The number of benzene rings is 2. The third-order valence-electron chi connectivity index (χ3n) is 2.45. The molecule has 0 atom stereocenters. The first kappa shape index (κ1) is 14.2. The molecule has 2 aromatic carbocycles. The fourth-order valence-corrected chi connectivity index (χ4v) is 2.92. The van der Waals surface area contributed by atoms with Gasteiger partial charge in [0.2, 0.25) is 0 Å². The predicted molar refractivity (Wildman–Crippen MR) is 74.6 cm³/mol. The molecule has 2 aromatic rings. The van der Waals surface area contributed by atoms with Crippen molar-refractivity contribution in [3.8, 4) is 0 Å². The van der Waals surface area contributed by atoms with Crippen LogP contribution in [0.2, 0.25) is 0 Å². The molecule has 0 aliphatic heterocycles. The van der Waals surface area contributed by atoms with Gasteiger partial charge in [-0.05, 0) is 47.1 Å². The smallest absolute Gasteiger partial charge is 0.159 e. The maximum absolute atomic E-state index is 13.5. The van der Waals surface area contributed by atoms with Crippen molar-refractivity contribution in [1.82, 2.24) is 0 Å². The van der Waals surface area contributed by atoms with E-state index in [9.17, 15) is 13.6 Å². The molecule has 0 radical (unpaired) electrons. The molecular weight excluding hydrogens is 334 g/mol. The molecule has 0 saturated carbocycles. The summed E-state index contributed by atoms with van der Waals surface area (Å²) in [5, 5.41) is 0. The maximum atomic E-state index is 13.5. The largest absolute Gasteiger partial charge is 0.295 e. The second-order valence-electron chi connectivity index (χ2n) is 3.88. The number of carbonyl (C=O) groups excluding carboxylic acids is 1. The standard InChI is InChI=1S/C14H9BrF2OS/c1-8(18)9-2-4-13(11(15)6-9)19-14-5-3-10(16)7-12(14)17/h2-7H,1H3. The number of carbonyl (C=O) groups is 1. The first-order valence-corrected chi connectivity index (χ1v) is 7.01. The van der Waals surface area contributed by atoms with Crippen LogP contribution < -0.4 is 0 Å². The van der Waals surface area contributed by atoms with Gasteiger partial charge in [-0.2, -0.15) is 0 Å². The van der Waals surface area contributed by atoms with Gasteiger partial charge < -0.3 is 0 Å². The van der Waals surface area contributed by atoms with Crippen molar-refractivity contribution < 1.29 is 13.6 Å². The van der Waals surface area contributed by atoms with Crippen molar-refractivity contribution in [2.45, 2.75) is 16.7 Å². The van der Waals surface area contributed by atoms with Gasteiger partial charge >= 0.3 is 0 Å². The van der Waals surface area contributed by atoms with Gasteiger partial charge in [0.15, 0.2) is 5.78 Å². The van der Waals surface area contributed by atoms with E-state index in [0.29, 0.717) is 14.9 Å². The number of halogens is 3. The molecule has 0 aliphatic rings. The van der Waals surface area contributed by atoms with Crippen LogP contribution >= 0.6 is 27.7 Å². The van der Waals surface area contributed by atoms with E-state index >= 15 is 0 Å². The van der Waals surface area contributed by atoms with Crippen LogP contribution in [0, 0.1) is 11.6 Å². The van der Waals surface area contributed by atoms with Gasteiger partial charge in [0.1, 0.15) is 11.6 Å². The SMILES string of the molecule is CC(=O)c1ccc(Sc2ccc(F)cc2F)c(Br)c1. The Morgan fingerprint density at radius 1 is 1.11 bits per heavy atom. The topological polar surface area (TPSA) is 17.1 Å². The van der Waals surface area contributed by atoms with E-state index in [0.717, 1.165) is 11.0 Å². The second-order valence-corrected chi connectivity index (χ2v) is 5.82. The average Bonchev–Trinajstić information content (AvgIpc) is 2.34. The molecule has 0 bridgehead atoms. The Morgan fingerprint density at radius 2 is 1.79 bits per heavy atom. The minimum Gasteiger partial charge on any atom is -0.295 e. The van der Waals surface area contributed by atoms with Crippen molar-refractivity contribution in [2.24, 2.45) is 0 Å². The Balaban J connectivity index is 2.31. The summed E-state index contributed by atoms with van der Waals surface area (Å²) in [5.74, 6) is -1.24. The lowest BCUT2D eigenvalue weighted by Crippen LogP contribution is -1.92. The third kappa shape index (κ3) is 3.42. The first-order chi connectivity index (χ1) is 8.97. The summed E-state index contributed by atoms with van der Waals surface area (Å²) in [5.41, 5.74) is 0.579. The number of rotatable bonds is 3. The number of ketones is 1. The monoisotopic (exact) mass is 342 g/mol. The quantitative estimate of drug-likeness (QED) is 0.723. The molecule has 5 heteroatoms. The van der Waals surface area contributed by atoms with E-state index in [1.165, 1.54) is 30.8 Å². The summed E-state index contributed by atoms with van der Waals surface area (Å²) in [7, 11) is 0. The third-order valence-corrected chi connectivity index (χ3v) is 4.50. The van der Waals surface area contributed by atoms with Crippen LogP contribution in [-0.4, -0.2) is 5.78 Å². The molecule has 0 spiro atoms. The van der Waals surface area contributed by atoms with Gasteiger partial charge in [-0.25, -0.2) is 8.78 Å². The highest BCUT2D eigenvalue weighted by Crippen LogP contribution is 2.35. The Bertz CT molecular complexity index is 643. The highest BCUT2D eigenvalue weighted by atomic mass is 79.9. The molecule has 0 amide bonds. The van der Waals surface area contributed by atoms with Gasteiger partial charge in [0.25, 0.3) is 0 Å². The van der Waals surface area contributed by atoms with Crippen LogP contribution in [0.1, 0.15) is 17.3 Å². The molecule has 19 heavy (non-hydrogen) atoms. The van der Waals surface area contributed by atoms with E-state index in [-0.39, 0.29) is 5.78 Å². The van der Waals surface area contributed by atoms with Gasteiger partial charge in [0, 0.05) is 25.9 Å². The fraction of sp³-hybridized carbons (Fsp3) is 0.0714. The van der Waals surface area contributed by atoms with E-state index in [2.05, 4.69) is 15.9 Å². The van der Waals surface area contributed by atoms with Crippen LogP contribution in [0.25, 0.3) is 0 Å². The van der Waals surface area contributed by atoms with Crippen molar-refractivity contribution in [2.75, 3.05) is 0 Å². The number of hydrogen-bond donors (Lipinski definition) is 0. The molecular formula is C14H9BrF2OS. The van der Waals surface area contributed by atoms with Gasteiger partial charge in [-0.3, -0.25) is 4.79 Å². The number of hydrogen-bond acceptors (Lipinski definition) is 2. The van der Waals surface area contributed by atoms with E-state index in [1.807, 2.05) is 0 Å². The van der Waals surface area contributed by atoms with Crippen molar-refractivity contribution in [1.29, 1.82) is 0 Å². The summed E-state index contributed by atoms with van der Waals surface area (Å²) in [6, 6.07) is 8.54. The molecule has 0 saturated heterocycles. The molecule has 2 rings (SSSR count). The molecule has 0 fully saturated rings. The summed E-state index contributed by atoms with van der Waals surface area (Å²) in [6.45, 7) is 1.48. The van der Waals surface area contributed by atoms with Crippen LogP contribution in [0.5, 0.6) is 0 Å². The number of Topliss-reactive ketones (excluding diaryl/α,β-unsaturated/α-hetero) is 1. The predicted octanol–water partition coefficient (Wildman–Crippen LogP) is 5.08. The molecule has 0 aliphatic carbocycles. The van der Waals surface area contributed by atoms with Crippen molar-refractivity contribution in [3.63, 3.8) is 0 Å². The van der Waals surface area contributed by atoms with E-state index < -0.39 is 11.6 Å². The summed E-state index contributed by atoms with van der Waals surface area (Å²) in [4.78, 5) is 12.3. The normalized spacial score (nSPS) is 10.5. The molecule has 0 N–H and O–H groups in total. The molecule has 0 unspecified atom stereocenters. The lowest BCUT2D eigenvalue weighted by atomic mass is 10.2. The zero-order valence-corrected chi connectivity index (χ0v) is 12.3. The first-order valence-electron chi connectivity index (χ1n) is 5.41. The van der Waals surface area contributed by atoms with Crippen molar-refractivity contribution >= 4 is 33.5 Å². The molecule has 0 aromatic heterocycles. The zero-order chi connectivity index (χ0) is 14.0. The molecule has 0 heterocycles. The van der Waals surface area contributed by atoms with E-state index in [4.69, 9.17) is 0 Å². The molecule has 1 nitrogen and oxygen atoms in total. The Labute approximate surface area is 122 Å². The highest BCUT2D eigenvalue weighted by molar-refractivity contribution is 9.10. The lowest BCUT2D eigenvalue weighted by Gasteiger charge is -2.07. The van der Waals surface area contributed by atoms with Gasteiger partial charge in [0.05, 0.1) is 0 Å². The fourth-order valence-electron chi connectivity index (χ4n) is 1.48. The summed E-state index contributed by atoms with van der Waals surface area (Å²) >= 11 is 4.51. The minimum absolute atomic E-state index is 0.0368. The van der Waals surface area contributed by atoms with Gasteiger partial charge in [-0.15, -0.1) is 0 Å². The van der Waals surface area contributed by atoms with E-state index in [1.54, 1.807) is 18.2 Å². The van der Waals surface area contributed by atoms with Crippen LogP contribution in [0.15, 0.2) is 50.7 Å². The summed E-state index contributed by atoms with van der Waals surface area (Å²) < 4.78 is 27.1. The maximum Gasteiger partial charge on any atom is 0.159 e. The highest BCUT2D eigenvalue weighted by Gasteiger charge is 2.10. The van der Waals surface area contributed by atoms with Gasteiger partial charge in [-0.1, -0.05) is 17.8 Å². The summed E-state index contributed by atoms with van der Waals surface area (Å²) in [6.07, 6.45) is 0.